The van der Waals surface area contributed by atoms with E-state index >= 15 is 0 Å². The average Bonchev–Trinajstić information content (AvgIpc) is 2.38. The molecule has 20 heavy (non-hydrogen) atoms. The molecule has 2 amide bonds. The molecule has 1 fully saturated rings. The van der Waals surface area contributed by atoms with Gasteiger partial charge in [-0.25, -0.2) is 0 Å². The molecule has 1 aliphatic rings. The van der Waals surface area contributed by atoms with Crippen molar-refractivity contribution in [3.05, 3.63) is 35.4 Å². The second-order valence-electron chi connectivity index (χ2n) is 5.60. The lowest BCUT2D eigenvalue weighted by Crippen LogP contribution is -2.46. The Kier molecular flexibility index (Phi) is 4.55. The highest BCUT2D eigenvalue weighted by atomic mass is 16.5. The summed E-state index contributed by atoms with van der Waals surface area (Å²) in [4.78, 5) is 23.9. The number of piperidine rings is 1. The van der Waals surface area contributed by atoms with Crippen LogP contribution in [-0.2, 0) is 14.3 Å². The summed E-state index contributed by atoms with van der Waals surface area (Å²) in [6.45, 7) is 4.58. The number of hydrogen-bond donors (Lipinski definition) is 1. The van der Waals surface area contributed by atoms with Crippen molar-refractivity contribution in [3.63, 3.8) is 0 Å². The van der Waals surface area contributed by atoms with Gasteiger partial charge >= 0.3 is 0 Å². The second kappa shape index (κ2) is 6.18. The molecule has 3 atom stereocenters. The van der Waals surface area contributed by atoms with Crippen molar-refractivity contribution in [2.45, 2.75) is 26.2 Å². The van der Waals surface area contributed by atoms with Crippen LogP contribution in [0.1, 0.15) is 30.4 Å². The first-order valence-electron chi connectivity index (χ1n) is 6.92. The van der Waals surface area contributed by atoms with Gasteiger partial charge in [0.05, 0.1) is 5.92 Å². The van der Waals surface area contributed by atoms with Crippen LogP contribution in [0.2, 0.25) is 0 Å². The summed E-state index contributed by atoms with van der Waals surface area (Å²) in [6, 6.07) is 7.93. The Morgan fingerprint density at radius 1 is 1.40 bits per heavy atom. The van der Waals surface area contributed by atoms with Crippen LogP contribution in [0.15, 0.2) is 24.3 Å². The third-order valence-electron chi connectivity index (χ3n) is 3.96. The van der Waals surface area contributed by atoms with E-state index in [-0.39, 0.29) is 29.6 Å². The summed E-state index contributed by atoms with van der Waals surface area (Å²) < 4.78 is 5.19. The van der Waals surface area contributed by atoms with Gasteiger partial charge in [0.15, 0.2) is 0 Å². The van der Waals surface area contributed by atoms with Gasteiger partial charge in [0.1, 0.15) is 0 Å². The van der Waals surface area contributed by atoms with E-state index in [1.807, 2.05) is 38.1 Å². The topological polar surface area (TPSA) is 55.4 Å². The van der Waals surface area contributed by atoms with Gasteiger partial charge in [0.25, 0.3) is 0 Å². The van der Waals surface area contributed by atoms with E-state index in [1.165, 1.54) is 0 Å². The van der Waals surface area contributed by atoms with Gasteiger partial charge in [-0.3, -0.25) is 14.9 Å². The Bertz CT molecular complexity index is 512. The first-order chi connectivity index (χ1) is 9.52. The minimum atomic E-state index is -0.280. The number of hydrogen-bond acceptors (Lipinski definition) is 3. The van der Waals surface area contributed by atoms with E-state index in [1.54, 1.807) is 7.11 Å². The molecule has 2 rings (SSSR count). The summed E-state index contributed by atoms with van der Waals surface area (Å²) in [5.41, 5.74) is 2.09. The zero-order valence-corrected chi connectivity index (χ0v) is 12.2. The highest BCUT2D eigenvalue weighted by Crippen LogP contribution is 2.36. The van der Waals surface area contributed by atoms with Crippen LogP contribution in [0.3, 0.4) is 0 Å². The van der Waals surface area contributed by atoms with Crippen molar-refractivity contribution >= 4 is 11.8 Å². The van der Waals surface area contributed by atoms with E-state index in [9.17, 15) is 9.59 Å². The molecular weight excluding hydrogens is 254 g/mol. The number of ether oxygens (including phenoxy) is 1. The molecule has 1 aliphatic heterocycles. The van der Waals surface area contributed by atoms with E-state index in [0.717, 1.165) is 11.1 Å². The van der Waals surface area contributed by atoms with E-state index in [0.29, 0.717) is 13.0 Å². The molecule has 4 heteroatoms. The first kappa shape index (κ1) is 14.7. The molecule has 1 aromatic rings. The van der Waals surface area contributed by atoms with Gasteiger partial charge in [-0.15, -0.1) is 0 Å². The van der Waals surface area contributed by atoms with E-state index < -0.39 is 0 Å². The van der Waals surface area contributed by atoms with Crippen molar-refractivity contribution in [1.82, 2.24) is 5.32 Å². The van der Waals surface area contributed by atoms with Crippen molar-refractivity contribution in [2.24, 2.45) is 11.8 Å². The molecule has 0 aromatic heterocycles. The smallest absolute Gasteiger partial charge is 0.234 e. The molecule has 108 valence electrons. The highest BCUT2D eigenvalue weighted by molar-refractivity contribution is 6.01. The van der Waals surface area contributed by atoms with Gasteiger partial charge < -0.3 is 4.74 Å². The zero-order valence-electron chi connectivity index (χ0n) is 12.2. The summed E-state index contributed by atoms with van der Waals surface area (Å²) >= 11 is 0. The quantitative estimate of drug-likeness (QED) is 0.855. The minimum Gasteiger partial charge on any atom is -0.384 e. The second-order valence-corrected chi connectivity index (χ2v) is 5.60. The summed E-state index contributed by atoms with van der Waals surface area (Å²) in [6.07, 6.45) is 0.370. The maximum atomic E-state index is 12.3. The standard InChI is InChI=1S/C16H21NO3/c1-10-5-4-6-12(7-10)15-13(11(2)9-20-3)8-14(18)17-16(15)19/h4-7,11,13,15H,8-9H2,1-3H3,(H,17,18,19). The monoisotopic (exact) mass is 275 g/mol. The zero-order chi connectivity index (χ0) is 14.7. The summed E-state index contributed by atoms with van der Waals surface area (Å²) in [7, 11) is 1.64. The van der Waals surface area contributed by atoms with Crippen LogP contribution in [0.25, 0.3) is 0 Å². The normalized spacial score (nSPS) is 24.4. The van der Waals surface area contributed by atoms with Gasteiger partial charge in [-0.05, 0) is 24.3 Å². The molecule has 0 aliphatic carbocycles. The van der Waals surface area contributed by atoms with Gasteiger partial charge in [0.2, 0.25) is 11.8 Å². The molecule has 0 radical (unpaired) electrons. The number of benzene rings is 1. The van der Waals surface area contributed by atoms with Crippen molar-refractivity contribution in [1.29, 1.82) is 0 Å². The maximum Gasteiger partial charge on any atom is 0.234 e. The fourth-order valence-electron chi connectivity index (χ4n) is 2.97. The number of imide groups is 1. The average molecular weight is 275 g/mol. The molecule has 1 saturated heterocycles. The van der Waals surface area contributed by atoms with Gasteiger partial charge in [-0.1, -0.05) is 36.8 Å². The molecule has 3 unspecified atom stereocenters. The lowest BCUT2D eigenvalue weighted by molar-refractivity contribution is -0.137. The molecule has 0 bridgehead atoms. The Morgan fingerprint density at radius 2 is 2.15 bits per heavy atom. The SMILES string of the molecule is COCC(C)C1CC(=O)NC(=O)C1c1cccc(C)c1. The predicted octanol–water partition coefficient (Wildman–Crippen LogP) is 2.02. The summed E-state index contributed by atoms with van der Waals surface area (Å²) in [5, 5.41) is 2.46. The van der Waals surface area contributed by atoms with Crippen LogP contribution in [0.4, 0.5) is 0 Å². The molecule has 1 aromatic carbocycles. The molecular formula is C16H21NO3. The van der Waals surface area contributed by atoms with Crippen LogP contribution >= 0.6 is 0 Å². The van der Waals surface area contributed by atoms with Gasteiger partial charge in [0, 0.05) is 20.1 Å². The van der Waals surface area contributed by atoms with Crippen LogP contribution in [0.5, 0.6) is 0 Å². The van der Waals surface area contributed by atoms with E-state index in [2.05, 4.69) is 5.32 Å². The Hall–Kier alpha value is -1.68. The Morgan fingerprint density at radius 3 is 2.80 bits per heavy atom. The number of aryl methyl sites for hydroxylation is 1. The third-order valence-corrected chi connectivity index (χ3v) is 3.96. The number of carbonyl (C=O) groups is 2. The fourth-order valence-corrected chi connectivity index (χ4v) is 2.97. The van der Waals surface area contributed by atoms with E-state index in [4.69, 9.17) is 4.74 Å². The predicted molar refractivity (Wildman–Crippen MR) is 76.2 cm³/mol. The maximum absolute atomic E-state index is 12.3. The number of carbonyl (C=O) groups excluding carboxylic acids is 2. The van der Waals surface area contributed by atoms with Crippen LogP contribution in [-0.4, -0.2) is 25.5 Å². The molecule has 1 N–H and O–H groups in total. The fraction of sp³-hybridized carbons (Fsp3) is 0.500. The molecule has 4 nitrogen and oxygen atoms in total. The largest absolute Gasteiger partial charge is 0.384 e. The Balaban J connectivity index is 2.34. The first-order valence-corrected chi connectivity index (χ1v) is 6.92. The van der Waals surface area contributed by atoms with Crippen LogP contribution < -0.4 is 5.32 Å². The third kappa shape index (κ3) is 3.07. The number of amides is 2. The van der Waals surface area contributed by atoms with Crippen LogP contribution in [0, 0.1) is 18.8 Å². The minimum absolute atomic E-state index is 0.0157. The molecule has 0 spiro atoms. The molecule has 0 saturated carbocycles. The summed E-state index contributed by atoms with van der Waals surface area (Å²) in [5.74, 6) is -0.525. The van der Waals surface area contributed by atoms with Crippen molar-refractivity contribution in [3.8, 4) is 0 Å². The number of rotatable bonds is 4. The van der Waals surface area contributed by atoms with Crippen molar-refractivity contribution in [2.75, 3.05) is 13.7 Å². The lowest BCUT2D eigenvalue weighted by Gasteiger charge is -2.34. The number of nitrogens with one attached hydrogen (secondary N) is 1. The lowest BCUT2D eigenvalue weighted by atomic mass is 9.74. The Labute approximate surface area is 119 Å². The van der Waals surface area contributed by atoms with Crippen molar-refractivity contribution < 1.29 is 14.3 Å². The number of methoxy groups -OCH3 is 1. The molecule has 1 heterocycles. The highest BCUT2D eigenvalue weighted by Gasteiger charge is 2.39. The van der Waals surface area contributed by atoms with Gasteiger partial charge in [-0.2, -0.15) is 0 Å².